The molecule has 4 rings (SSSR count). The maximum Gasteiger partial charge on any atom is 0.373 e. The second-order valence-electron chi connectivity index (χ2n) is 11.9. The van der Waals surface area contributed by atoms with Crippen molar-refractivity contribution in [3.05, 3.63) is 109 Å². The van der Waals surface area contributed by atoms with Gasteiger partial charge in [-0.15, -0.1) is 0 Å². The third-order valence-corrected chi connectivity index (χ3v) is 8.32. The van der Waals surface area contributed by atoms with E-state index in [1.54, 1.807) is 32.2 Å². The highest BCUT2D eigenvalue weighted by atomic mass is 16.6. The van der Waals surface area contributed by atoms with Gasteiger partial charge in [0.1, 0.15) is 22.9 Å². The van der Waals surface area contributed by atoms with Gasteiger partial charge in [0.05, 0.1) is 49.4 Å². The summed E-state index contributed by atoms with van der Waals surface area (Å²) in [6, 6.07) is 3.78. The summed E-state index contributed by atoms with van der Waals surface area (Å²) < 4.78 is 21.9. The Balaban J connectivity index is 0.00000253. The predicted octanol–water partition coefficient (Wildman–Crippen LogP) is 5.63. The molecule has 0 bridgehead atoms. The van der Waals surface area contributed by atoms with Crippen LogP contribution in [0, 0.1) is 27.2 Å². The lowest BCUT2D eigenvalue weighted by molar-refractivity contribution is -0.385. The van der Waals surface area contributed by atoms with Crippen LogP contribution in [0.2, 0.25) is 0 Å². The van der Waals surface area contributed by atoms with Crippen LogP contribution >= 0.6 is 0 Å². The molecule has 0 fully saturated rings. The van der Waals surface area contributed by atoms with Crippen LogP contribution in [0.1, 0.15) is 66.3 Å². The molecule has 2 aliphatic heterocycles. The number of rotatable bonds is 14. The predicted molar refractivity (Wildman–Crippen MR) is 191 cm³/mol. The smallest absolute Gasteiger partial charge is 0.373 e. The SMILES string of the molecule is C/C=C/C1=CN(C(=O)c2cc(OC)c(OCCCOc3cc([N+](=O)[O-])c(C(=O)N4C=C(/C=C/C)C[C@H]4C(=O)OC)cc3C)cc2[N+](=O)[O-])[C@H](C)C1.O=C=O. The Hall–Kier alpha value is -6.61. The first-order valence-electron chi connectivity index (χ1n) is 16.6. The largest absolute Gasteiger partial charge is 0.493 e. The number of carbonyl (C=O) groups excluding carboxylic acids is 5. The van der Waals surface area contributed by atoms with E-state index in [9.17, 15) is 34.6 Å². The van der Waals surface area contributed by atoms with Gasteiger partial charge in [-0.25, -0.2) is 4.79 Å². The Morgan fingerprint density at radius 1 is 0.815 bits per heavy atom. The van der Waals surface area contributed by atoms with Crippen LogP contribution in [0.4, 0.5) is 11.4 Å². The summed E-state index contributed by atoms with van der Waals surface area (Å²) in [5.41, 5.74) is 0.750. The highest BCUT2D eigenvalue weighted by Crippen LogP contribution is 2.37. The van der Waals surface area contributed by atoms with Crippen molar-refractivity contribution in [3.8, 4) is 17.2 Å². The fourth-order valence-electron chi connectivity index (χ4n) is 5.88. The molecular weight excluding hydrogens is 708 g/mol. The first-order valence-corrected chi connectivity index (χ1v) is 16.6. The summed E-state index contributed by atoms with van der Waals surface area (Å²) in [6.07, 6.45) is 11.7. The van der Waals surface area contributed by atoms with E-state index >= 15 is 0 Å². The standard InChI is InChI=1S/C36H40N4O11.CO2/c1-7-10-24-15-23(4)37(20-24)34(41)27-17-32(48-5)33(19-29(27)40(46)47)51-13-9-12-50-31-18-28(39(44)45)26(14-22(31)3)35(42)38-21-25(11-8-2)16-30(38)36(43)49-6;2-1-3/h7-8,10-11,14,17-21,23,30H,9,12-13,15-16H2,1-6H3;/b10-7+,11-8+;/t23-,30+;/m1./s1. The number of methoxy groups -OCH3 is 2. The Bertz CT molecular complexity index is 1940. The van der Waals surface area contributed by atoms with Crippen LogP contribution < -0.4 is 14.2 Å². The molecule has 0 spiro atoms. The van der Waals surface area contributed by atoms with Gasteiger partial charge >= 0.3 is 12.1 Å². The number of nitro groups is 2. The van der Waals surface area contributed by atoms with Crippen molar-refractivity contribution in [3.63, 3.8) is 0 Å². The molecule has 54 heavy (non-hydrogen) atoms. The van der Waals surface area contributed by atoms with E-state index in [1.165, 1.54) is 37.5 Å². The Morgan fingerprint density at radius 3 is 1.85 bits per heavy atom. The third kappa shape index (κ3) is 9.83. The summed E-state index contributed by atoms with van der Waals surface area (Å²) in [7, 11) is 2.56. The van der Waals surface area contributed by atoms with Crippen LogP contribution in [0.5, 0.6) is 17.2 Å². The van der Waals surface area contributed by atoms with Crippen molar-refractivity contribution in [1.29, 1.82) is 0 Å². The highest BCUT2D eigenvalue weighted by molar-refractivity contribution is 6.02. The van der Waals surface area contributed by atoms with Crippen molar-refractivity contribution in [2.45, 2.75) is 59.0 Å². The molecule has 2 atom stereocenters. The number of nitrogens with zero attached hydrogens (tertiary/aromatic N) is 4. The summed E-state index contributed by atoms with van der Waals surface area (Å²) in [6.45, 7) is 7.19. The first kappa shape index (κ1) is 41.8. The highest BCUT2D eigenvalue weighted by Gasteiger charge is 2.38. The fraction of sp³-hybridized carbons (Fsp3) is 0.351. The van der Waals surface area contributed by atoms with Crippen LogP contribution in [-0.4, -0.2) is 83.1 Å². The minimum Gasteiger partial charge on any atom is -0.493 e. The molecule has 0 unspecified atom stereocenters. The van der Waals surface area contributed by atoms with Gasteiger partial charge < -0.3 is 23.8 Å². The molecule has 0 aliphatic carbocycles. The molecule has 17 heteroatoms. The van der Waals surface area contributed by atoms with Gasteiger partial charge in [-0.2, -0.15) is 9.59 Å². The average molecular weight is 749 g/mol. The van der Waals surface area contributed by atoms with E-state index in [0.717, 1.165) is 22.6 Å². The van der Waals surface area contributed by atoms with Crippen LogP contribution in [0.3, 0.4) is 0 Å². The second kappa shape index (κ2) is 19.3. The van der Waals surface area contributed by atoms with Crippen molar-refractivity contribution in [2.24, 2.45) is 0 Å². The van der Waals surface area contributed by atoms with Crippen molar-refractivity contribution >= 4 is 35.3 Å². The summed E-state index contributed by atoms with van der Waals surface area (Å²) >= 11 is 0. The molecule has 0 saturated heterocycles. The quantitative estimate of drug-likeness (QED) is 0.0993. The number of aryl methyl sites for hydroxylation is 1. The van der Waals surface area contributed by atoms with Gasteiger partial charge in [-0.1, -0.05) is 24.3 Å². The molecule has 2 aliphatic rings. The number of benzene rings is 2. The van der Waals surface area contributed by atoms with Crippen LogP contribution in [0.15, 0.2) is 72.1 Å². The molecule has 286 valence electrons. The molecule has 2 aromatic rings. The Morgan fingerprint density at radius 2 is 1.31 bits per heavy atom. The number of esters is 1. The lowest BCUT2D eigenvalue weighted by atomic mass is 10.1. The number of amides is 2. The van der Waals surface area contributed by atoms with Crippen molar-refractivity contribution in [2.75, 3.05) is 27.4 Å². The molecule has 0 aromatic heterocycles. The van der Waals surface area contributed by atoms with E-state index in [2.05, 4.69) is 0 Å². The average Bonchev–Trinajstić information content (AvgIpc) is 3.74. The molecule has 0 N–H and O–H groups in total. The summed E-state index contributed by atoms with van der Waals surface area (Å²) in [4.78, 5) is 81.0. The van der Waals surface area contributed by atoms with Crippen molar-refractivity contribution < 1.29 is 52.8 Å². The second-order valence-corrected chi connectivity index (χ2v) is 11.9. The number of nitro benzene ring substituents is 2. The Kier molecular flexibility index (Phi) is 14.9. The molecule has 0 radical (unpaired) electrons. The maximum absolute atomic E-state index is 13.6. The van der Waals surface area contributed by atoms with Crippen molar-refractivity contribution in [1.82, 2.24) is 9.80 Å². The monoisotopic (exact) mass is 748 g/mol. The molecule has 17 nitrogen and oxygen atoms in total. The first-order chi connectivity index (χ1) is 25.8. The van der Waals surface area contributed by atoms with E-state index in [-0.39, 0.29) is 66.6 Å². The fourth-order valence-corrected chi connectivity index (χ4v) is 5.88. The van der Waals surface area contributed by atoms with Gasteiger partial charge in [-0.05, 0) is 56.9 Å². The minimum atomic E-state index is -0.969. The lowest BCUT2D eigenvalue weighted by Crippen LogP contribution is -2.39. The number of allylic oxidation sites excluding steroid dienone is 4. The Labute approximate surface area is 310 Å². The zero-order valence-electron chi connectivity index (χ0n) is 30.6. The van der Waals surface area contributed by atoms with E-state index < -0.39 is 45.0 Å². The van der Waals surface area contributed by atoms with E-state index in [0.29, 0.717) is 17.6 Å². The molecular formula is C37H40N4O13. The van der Waals surface area contributed by atoms with Gasteiger partial charge in [0.15, 0.2) is 11.5 Å². The summed E-state index contributed by atoms with van der Waals surface area (Å²) in [5, 5.41) is 24.1. The molecule has 2 aromatic carbocycles. The topological polar surface area (TPSA) is 215 Å². The van der Waals surface area contributed by atoms with Gasteiger partial charge in [0.2, 0.25) is 0 Å². The van der Waals surface area contributed by atoms with Gasteiger partial charge in [-0.3, -0.25) is 34.7 Å². The molecule has 2 heterocycles. The van der Waals surface area contributed by atoms with Gasteiger partial charge in [0.25, 0.3) is 23.2 Å². The third-order valence-electron chi connectivity index (χ3n) is 8.32. The maximum atomic E-state index is 13.6. The van der Waals surface area contributed by atoms with Gasteiger partial charge in [0, 0.05) is 37.3 Å². The van der Waals surface area contributed by atoms with E-state index in [4.69, 9.17) is 28.5 Å². The zero-order valence-corrected chi connectivity index (χ0v) is 30.6. The number of carbonyl (C=O) groups is 3. The van der Waals surface area contributed by atoms with Crippen LogP contribution in [0.25, 0.3) is 0 Å². The van der Waals surface area contributed by atoms with Crippen LogP contribution in [-0.2, 0) is 19.1 Å². The lowest BCUT2D eigenvalue weighted by Gasteiger charge is -2.22. The van der Waals surface area contributed by atoms with E-state index in [1.807, 2.05) is 26.0 Å². The number of hydrogen-bond acceptors (Lipinski definition) is 13. The number of hydrogen-bond donors (Lipinski definition) is 0. The molecule has 0 saturated carbocycles. The minimum absolute atomic E-state index is 0.0158. The molecule has 2 amide bonds. The zero-order chi connectivity index (χ0) is 40.1. The number of ether oxygens (including phenoxy) is 4. The normalized spacial score (nSPS) is 16.3. The summed E-state index contributed by atoms with van der Waals surface area (Å²) in [5.74, 6) is -1.59.